The minimum atomic E-state index is -0.770. The Morgan fingerprint density at radius 1 is 1.39 bits per heavy atom. The molecule has 0 atom stereocenters. The molecule has 0 unspecified atom stereocenters. The van der Waals surface area contributed by atoms with Crippen LogP contribution in [0.2, 0.25) is 5.28 Å². The molecule has 28 heavy (non-hydrogen) atoms. The number of aromatic nitrogens is 3. The molecule has 0 spiro atoms. The highest BCUT2D eigenvalue weighted by molar-refractivity contribution is 9.10. The number of aryl methyl sites for hydroxylation is 1. The molecule has 0 bridgehead atoms. The van der Waals surface area contributed by atoms with Gasteiger partial charge in [-0.05, 0) is 65.7 Å². The number of primary amides is 1. The van der Waals surface area contributed by atoms with Gasteiger partial charge in [-0.2, -0.15) is 4.98 Å². The van der Waals surface area contributed by atoms with Crippen LogP contribution in [0, 0.1) is 12.3 Å². The molecule has 0 aromatic carbocycles. The fourth-order valence-corrected chi connectivity index (χ4v) is 4.68. The molecule has 9 heteroatoms. The fourth-order valence-electron chi connectivity index (χ4n) is 4.14. The number of hydrogen-bond donors (Lipinski definition) is 1. The van der Waals surface area contributed by atoms with Gasteiger partial charge < -0.3 is 10.5 Å². The van der Waals surface area contributed by atoms with Crippen LogP contribution in [0.1, 0.15) is 58.1 Å². The molecular weight excluding hydrogens is 448 g/mol. The lowest BCUT2D eigenvalue weighted by Gasteiger charge is -2.47. The Kier molecular flexibility index (Phi) is 5.49. The minimum Gasteiger partial charge on any atom is -0.443 e. The number of ether oxygens (including phenoxy) is 1. The van der Waals surface area contributed by atoms with Crippen LogP contribution < -0.4 is 11.3 Å². The SMILES string of the molecule is Cc1c(Br)c(=O)n(C2CCC(OC(N)=O)(C(C)(C)C)CC2)c2nc(Cl)ncc12. The lowest BCUT2D eigenvalue weighted by atomic mass is 9.67. The van der Waals surface area contributed by atoms with Crippen LogP contribution in [-0.4, -0.2) is 26.2 Å². The number of pyridine rings is 1. The first-order chi connectivity index (χ1) is 13.0. The number of amides is 1. The zero-order chi connectivity index (χ0) is 20.9. The summed E-state index contributed by atoms with van der Waals surface area (Å²) in [5.41, 5.74) is 5.56. The molecule has 0 radical (unpaired) electrons. The second-order valence-corrected chi connectivity index (χ2v) is 9.52. The summed E-state index contributed by atoms with van der Waals surface area (Å²) >= 11 is 9.43. The van der Waals surface area contributed by atoms with Crippen molar-refractivity contribution in [2.45, 2.75) is 65.0 Å². The molecule has 2 heterocycles. The van der Waals surface area contributed by atoms with E-state index in [-0.39, 0.29) is 22.3 Å². The molecule has 1 saturated carbocycles. The van der Waals surface area contributed by atoms with E-state index >= 15 is 0 Å². The normalized spacial score (nSPS) is 23.0. The van der Waals surface area contributed by atoms with Crippen molar-refractivity contribution in [1.82, 2.24) is 14.5 Å². The van der Waals surface area contributed by atoms with Crippen LogP contribution in [0.3, 0.4) is 0 Å². The maximum Gasteiger partial charge on any atom is 0.405 e. The van der Waals surface area contributed by atoms with Crippen LogP contribution in [0.25, 0.3) is 11.0 Å². The van der Waals surface area contributed by atoms with Crippen molar-refractivity contribution in [2.24, 2.45) is 11.1 Å². The summed E-state index contributed by atoms with van der Waals surface area (Å²) in [4.78, 5) is 33.0. The summed E-state index contributed by atoms with van der Waals surface area (Å²) in [6, 6.07) is -0.0928. The van der Waals surface area contributed by atoms with Gasteiger partial charge in [0.25, 0.3) is 5.56 Å². The quantitative estimate of drug-likeness (QED) is 0.649. The van der Waals surface area contributed by atoms with Crippen molar-refractivity contribution in [3.63, 3.8) is 0 Å². The Bertz CT molecular complexity index is 991. The van der Waals surface area contributed by atoms with Crippen molar-refractivity contribution < 1.29 is 9.53 Å². The van der Waals surface area contributed by atoms with Crippen LogP contribution in [0.5, 0.6) is 0 Å². The van der Waals surface area contributed by atoms with E-state index in [0.717, 1.165) is 10.9 Å². The second kappa shape index (κ2) is 7.30. The molecule has 3 rings (SSSR count). The number of halogens is 2. The van der Waals surface area contributed by atoms with Crippen LogP contribution in [0.15, 0.2) is 15.5 Å². The van der Waals surface area contributed by atoms with E-state index < -0.39 is 11.7 Å². The lowest BCUT2D eigenvalue weighted by molar-refractivity contribution is -0.0954. The Morgan fingerprint density at radius 2 is 2.00 bits per heavy atom. The van der Waals surface area contributed by atoms with E-state index in [1.807, 2.05) is 27.7 Å². The van der Waals surface area contributed by atoms with Gasteiger partial charge in [-0.1, -0.05) is 20.8 Å². The molecule has 1 amide bonds. The Morgan fingerprint density at radius 3 is 2.54 bits per heavy atom. The standard InChI is InChI=1S/C19H24BrClN4O3/c1-10-12-9-23-16(21)24-14(12)25(15(26)13(10)20)11-5-7-19(8-6-11,18(2,3)4)28-17(22)27/h9,11H,5-8H2,1-4H3,(H2,22,27). The van der Waals surface area contributed by atoms with Gasteiger partial charge in [0.1, 0.15) is 11.2 Å². The largest absolute Gasteiger partial charge is 0.443 e. The number of nitrogens with two attached hydrogens (primary N) is 1. The summed E-state index contributed by atoms with van der Waals surface area (Å²) in [7, 11) is 0. The number of fused-ring (bicyclic) bond motifs is 1. The first kappa shape index (κ1) is 21.0. The molecular formula is C19H24BrClN4O3. The highest BCUT2D eigenvalue weighted by Crippen LogP contribution is 2.47. The van der Waals surface area contributed by atoms with Gasteiger partial charge >= 0.3 is 6.09 Å². The van der Waals surface area contributed by atoms with E-state index in [2.05, 4.69) is 25.9 Å². The van der Waals surface area contributed by atoms with Crippen molar-refractivity contribution in [2.75, 3.05) is 0 Å². The zero-order valence-corrected chi connectivity index (χ0v) is 18.7. The predicted molar refractivity (Wildman–Crippen MR) is 112 cm³/mol. The summed E-state index contributed by atoms with van der Waals surface area (Å²) in [5.74, 6) is 0. The topological polar surface area (TPSA) is 100 Å². The smallest absolute Gasteiger partial charge is 0.405 e. The molecule has 2 N–H and O–H groups in total. The third kappa shape index (κ3) is 3.52. The number of carbonyl (C=O) groups excluding carboxylic acids is 1. The van der Waals surface area contributed by atoms with E-state index in [0.29, 0.717) is 35.8 Å². The molecule has 7 nitrogen and oxygen atoms in total. The monoisotopic (exact) mass is 470 g/mol. The molecule has 2 aromatic heterocycles. The van der Waals surface area contributed by atoms with Crippen LogP contribution in [0.4, 0.5) is 4.79 Å². The average molecular weight is 472 g/mol. The van der Waals surface area contributed by atoms with Gasteiger partial charge in [0.2, 0.25) is 5.28 Å². The van der Waals surface area contributed by atoms with Crippen molar-refractivity contribution in [3.05, 3.63) is 31.9 Å². The summed E-state index contributed by atoms with van der Waals surface area (Å²) in [5, 5.41) is 0.871. The third-order valence-electron chi connectivity index (χ3n) is 5.90. The fraction of sp³-hybridized carbons (Fsp3) is 0.579. The van der Waals surface area contributed by atoms with Crippen LogP contribution >= 0.6 is 27.5 Å². The number of hydrogen-bond acceptors (Lipinski definition) is 5. The first-order valence-electron chi connectivity index (χ1n) is 9.18. The highest BCUT2D eigenvalue weighted by atomic mass is 79.9. The van der Waals surface area contributed by atoms with E-state index in [9.17, 15) is 9.59 Å². The summed E-state index contributed by atoms with van der Waals surface area (Å²) in [6.45, 7) is 7.95. The van der Waals surface area contributed by atoms with E-state index in [1.54, 1.807) is 10.8 Å². The number of nitrogens with zero attached hydrogens (tertiary/aromatic N) is 3. The molecule has 1 aliphatic carbocycles. The van der Waals surface area contributed by atoms with E-state index in [4.69, 9.17) is 22.1 Å². The van der Waals surface area contributed by atoms with Gasteiger partial charge in [-0.15, -0.1) is 0 Å². The molecule has 2 aromatic rings. The summed E-state index contributed by atoms with van der Waals surface area (Å²) in [6.07, 6.45) is 3.37. The lowest BCUT2D eigenvalue weighted by Crippen LogP contribution is -2.51. The van der Waals surface area contributed by atoms with Crippen molar-refractivity contribution in [3.8, 4) is 0 Å². The van der Waals surface area contributed by atoms with Crippen molar-refractivity contribution in [1.29, 1.82) is 0 Å². The Hall–Kier alpha value is -1.67. The van der Waals surface area contributed by atoms with Crippen molar-refractivity contribution >= 4 is 44.7 Å². The van der Waals surface area contributed by atoms with Gasteiger partial charge in [-0.3, -0.25) is 9.36 Å². The van der Waals surface area contributed by atoms with Gasteiger partial charge in [0, 0.05) is 23.0 Å². The van der Waals surface area contributed by atoms with Crippen LogP contribution in [-0.2, 0) is 4.74 Å². The number of carbonyl (C=O) groups is 1. The van der Waals surface area contributed by atoms with Gasteiger partial charge in [0.05, 0.1) is 4.47 Å². The molecule has 0 saturated heterocycles. The predicted octanol–water partition coefficient (Wildman–Crippen LogP) is 4.51. The van der Waals surface area contributed by atoms with Gasteiger partial charge in [-0.25, -0.2) is 9.78 Å². The second-order valence-electron chi connectivity index (χ2n) is 8.39. The minimum absolute atomic E-state index is 0.0928. The number of rotatable bonds is 2. The van der Waals surface area contributed by atoms with E-state index in [1.165, 1.54) is 0 Å². The third-order valence-corrected chi connectivity index (χ3v) is 7.01. The molecule has 1 fully saturated rings. The Labute approximate surface area is 176 Å². The average Bonchev–Trinajstić information content (AvgIpc) is 2.60. The molecule has 1 aliphatic rings. The Balaban J connectivity index is 2.05. The maximum absolute atomic E-state index is 13.1. The first-order valence-corrected chi connectivity index (χ1v) is 10.4. The maximum atomic E-state index is 13.1. The van der Waals surface area contributed by atoms with Gasteiger partial charge in [0.15, 0.2) is 0 Å². The highest BCUT2D eigenvalue weighted by Gasteiger charge is 2.48. The molecule has 0 aliphatic heterocycles. The zero-order valence-electron chi connectivity index (χ0n) is 16.4. The summed E-state index contributed by atoms with van der Waals surface area (Å²) < 4.78 is 7.79. The molecule has 152 valence electrons.